The first kappa shape index (κ1) is 34.4. The number of alkyl halides is 3. The molecule has 0 spiro atoms. The summed E-state index contributed by atoms with van der Waals surface area (Å²) in [6.07, 6.45) is -4.53. The van der Waals surface area contributed by atoms with Crippen molar-refractivity contribution in [1.82, 2.24) is 0 Å². The van der Waals surface area contributed by atoms with Crippen LogP contribution in [0.4, 0.5) is 0 Å². The van der Waals surface area contributed by atoms with Gasteiger partial charge in [0.2, 0.25) is 6.29 Å². The molecule has 1 aliphatic rings. The van der Waals surface area contributed by atoms with Gasteiger partial charge in [0.1, 0.15) is 24.4 Å². The molecule has 1 aliphatic heterocycles. The number of carbonyl (C=O) groups excluding carboxylic acids is 1. The smallest absolute Gasteiger partial charge is 0.360 e. The zero-order chi connectivity index (χ0) is 32.2. The van der Waals surface area contributed by atoms with Crippen molar-refractivity contribution < 1.29 is 33.2 Å². The second-order valence-corrected chi connectivity index (χ2v) is 13.0. The van der Waals surface area contributed by atoms with Gasteiger partial charge in [-0.05, 0) is 22.3 Å². The zero-order valence-corrected chi connectivity index (χ0v) is 27.2. The van der Waals surface area contributed by atoms with Gasteiger partial charge in [-0.1, -0.05) is 156 Å². The van der Waals surface area contributed by atoms with Crippen molar-refractivity contribution in [3.63, 3.8) is 0 Å². The number of halogens is 3. The predicted octanol–water partition coefficient (Wildman–Crippen LogP) is 7.60. The number of hydrogen-bond donors (Lipinski definition) is 0. The highest BCUT2D eigenvalue weighted by Gasteiger charge is 2.51. The van der Waals surface area contributed by atoms with Gasteiger partial charge in [0, 0.05) is 0 Å². The molecule has 0 unspecified atom stereocenters. The molecule has 0 amide bonds. The molecule has 0 N–H and O–H groups in total. The van der Waals surface area contributed by atoms with E-state index in [0.717, 1.165) is 22.3 Å². The Hall–Kier alpha value is -2.98. The Morgan fingerprint density at radius 2 is 0.957 bits per heavy atom. The number of esters is 1. The van der Waals surface area contributed by atoms with Crippen molar-refractivity contribution in [2.75, 3.05) is 6.61 Å². The molecule has 0 bridgehead atoms. The lowest BCUT2D eigenvalue weighted by Gasteiger charge is -2.45. The van der Waals surface area contributed by atoms with Crippen LogP contribution in [0.3, 0.4) is 0 Å². The van der Waals surface area contributed by atoms with E-state index in [1.165, 1.54) is 0 Å². The average Bonchev–Trinajstić information content (AvgIpc) is 3.07. The summed E-state index contributed by atoms with van der Waals surface area (Å²) in [5.41, 5.74) is 3.77. The number of ether oxygens (including phenoxy) is 6. The SMILES string of the molecule is O=C(O[C@H]1O[C@H](COCc2ccccc2)[C@@H](OCc2ccccc2)[C@H](OCc2ccccc2)[C@@H]1OCc1ccccc1)C(Cl)(Cl)Cl. The molecule has 4 aromatic carbocycles. The summed E-state index contributed by atoms with van der Waals surface area (Å²) < 4.78 is 35.4. The van der Waals surface area contributed by atoms with Crippen molar-refractivity contribution in [3.8, 4) is 0 Å². The van der Waals surface area contributed by atoms with Crippen LogP contribution in [0.25, 0.3) is 0 Å². The third-order valence-electron chi connectivity index (χ3n) is 7.30. The van der Waals surface area contributed by atoms with E-state index >= 15 is 0 Å². The first-order chi connectivity index (χ1) is 22.4. The van der Waals surface area contributed by atoms with Gasteiger partial charge in [-0.25, -0.2) is 4.79 Å². The van der Waals surface area contributed by atoms with Crippen LogP contribution in [-0.4, -0.2) is 47.1 Å². The summed E-state index contributed by atoms with van der Waals surface area (Å²) in [7, 11) is 0. The molecule has 46 heavy (non-hydrogen) atoms. The molecule has 0 radical (unpaired) electrons. The minimum Gasteiger partial charge on any atom is -0.430 e. The fraction of sp³-hybridized carbons (Fsp3) is 0.306. The lowest BCUT2D eigenvalue weighted by atomic mass is 9.97. The topological polar surface area (TPSA) is 72.5 Å². The number of hydrogen-bond acceptors (Lipinski definition) is 7. The maximum absolute atomic E-state index is 12.9. The van der Waals surface area contributed by atoms with Gasteiger partial charge in [-0.2, -0.15) is 0 Å². The number of carbonyl (C=O) groups is 1. The Bertz CT molecular complexity index is 1460. The highest BCUT2D eigenvalue weighted by atomic mass is 35.6. The first-order valence-electron chi connectivity index (χ1n) is 14.9. The van der Waals surface area contributed by atoms with Crippen molar-refractivity contribution >= 4 is 40.8 Å². The van der Waals surface area contributed by atoms with Crippen molar-refractivity contribution in [2.24, 2.45) is 0 Å². The molecule has 1 saturated heterocycles. The standard InChI is InChI=1S/C36H35Cl3O7/c37-36(38,39)35(40)46-34-33(44-24-29-19-11-4-12-20-29)32(43-23-28-17-9-3-10-18-28)31(42-22-27-15-7-2-8-16-27)30(45-34)25-41-21-26-13-5-1-6-14-26/h1-20,30-34H,21-25H2/t30-,31-,32+,33+,34-/m1/s1. The van der Waals surface area contributed by atoms with Gasteiger partial charge in [0.15, 0.2) is 0 Å². The Kier molecular flexibility index (Phi) is 12.9. The summed E-state index contributed by atoms with van der Waals surface area (Å²) in [6.45, 7) is 1.08. The minimum atomic E-state index is -2.34. The fourth-order valence-corrected chi connectivity index (χ4v) is 5.15. The maximum Gasteiger partial charge on any atom is 0.360 e. The van der Waals surface area contributed by atoms with E-state index in [4.69, 9.17) is 63.2 Å². The van der Waals surface area contributed by atoms with Gasteiger partial charge >= 0.3 is 5.97 Å². The highest BCUT2D eigenvalue weighted by molar-refractivity contribution is 6.75. The minimum absolute atomic E-state index is 0.0901. The fourth-order valence-electron chi connectivity index (χ4n) is 5.01. The summed E-state index contributed by atoms with van der Waals surface area (Å²) >= 11 is 17.7. The van der Waals surface area contributed by atoms with Gasteiger partial charge in [0.25, 0.3) is 3.79 Å². The number of rotatable bonds is 14. The van der Waals surface area contributed by atoms with Crippen LogP contribution < -0.4 is 0 Å². The van der Waals surface area contributed by atoms with Crippen LogP contribution in [0.5, 0.6) is 0 Å². The van der Waals surface area contributed by atoms with E-state index in [-0.39, 0.29) is 26.4 Å². The first-order valence-corrected chi connectivity index (χ1v) is 16.0. The zero-order valence-electron chi connectivity index (χ0n) is 25.0. The quantitative estimate of drug-likeness (QED) is 0.100. The molecular formula is C36H35Cl3O7. The van der Waals surface area contributed by atoms with Crippen molar-refractivity contribution in [1.29, 1.82) is 0 Å². The lowest BCUT2D eigenvalue weighted by Crippen LogP contribution is -2.62. The lowest BCUT2D eigenvalue weighted by molar-refractivity contribution is -0.320. The van der Waals surface area contributed by atoms with Crippen LogP contribution in [0.2, 0.25) is 0 Å². The van der Waals surface area contributed by atoms with Gasteiger partial charge < -0.3 is 28.4 Å². The second-order valence-electron chi connectivity index (χ2n) is 10.7. The molecule has 1 heterocycles. The van der Waals surface area contributed by atoms with Gasteiger partial charge in [-0.3, -0.25) is 0 Å². The summed E-state index contributed by atoms with van der Waals surface area (Å²) in [4.78, 5) is 12.9. The molecule has 0 aliphatic carbocycles. The molecule has 7 nitrogen and oxygen atoms in total. The molecule has 0 aromatic heterocycles. The van der Waals surface area contributed by atoms with E-state index in [0.29, 0.717) is 6.61 Å². The number of benzene rings is 4. The summed E-state index contributed by atoms with van der Waals surface area (Å²) in [6, 6.07) is 38.8. The van der Waals surface area contributed by atoms with E-state index in [2.05, 4.69) is 0 Å². The van der Waals surface area contributed by atoms with E-state index in [1.54, 1.807) is 0 Å². The molecular weight excluding hydrogens is 651 g/mol. The Labute approximate surface area is 284 Å². The largest absolute Gasteiger partial charge is 0.430 e. The molecule has 5 atom stereocenters. The third-order valence-corrected chi connectivity index (χ3v) is 7.76. The second kappa shape index (κ2) is 17.3. The van der Waals surface area contributed by atoms with Gasteiger partial charge in [0.05, 0.1) is 33.0 Å². The van der Waals surface area contributed by atoms with Gasteiger partial charge in [-0.15, -0.1) is 0 Å². The van der Waals surface area contributed by atoms with E-state index in [1.807, 2.05) is 121 Å². The summed E-state index contributed by atoms with van der Waals surface area (Å²) in [5.74, 6) is -1.11. The van der Waals surface area contributed by atoms with Crippen LogP contribution in [0, 0.1) is 0 Å². The molecule has 5 rings (SSSR count). The highest BCUT2D eigenvalue weighted by Crippen LogP contribution is 2.34. The maximum atomic E-state index is 12.9. The monoisotopic (exact) mass is 684 g/mol. The molecule has 0 saturated carbocycles. The van der Waals surface area contributed by atoms with E-state index in [9.17, 15) is 4.79 Å². The molecule has 10 heteroatoms. The van der Waals surface area contributed by atoms with Crippen LogP contribution in [0.15, 0.2) is 121 Å². The summed E-state index contributed by atoms with van der Waals surface area (Å²) in [5, 5.41) is 0. The third kappa shape index (κ3) is 10.3. The van der Waals surface area contributed by atoms with Crippen LogP contribution in [-0.2, 0) is 59.6 Å². The predicted molar refractivity (Wildman–Crippen MR) is 176 cm³/mol. The molecule has 1 fully saturated rings. The molecule has 242 valence electrons. The van der Waals surface area contributed by atoms with Crippen LogP contribution in [0.1, 0.15) is 22.3 Å². The molecule has 4 aromatic rings. The van der Waals surface area contributed by atoms with Crippen LogP contribution >= 0.6 is 34.8 Å². The Balaban J connectivity index is 1.46. The Morgan fingerprint density at radius 1 is 0.565 bits per heavy atom. The normalized spacial score (nSPS) is 21.5. The Morgan fingerprint density at radius 3 is 1.39 bits per heavy atom. The van der Waals surface area contributed by atoms with Crippen molar-refractivity contribution in [2.45, 2.75) is 60.9 Å². The average molecular weight is 686 g/mol. The van der Waals surface area contributed by atoms with E-state index < -0.39 is 40.5 Å². The van der Waals surface area contributed by atoms with Crippen molar-refractivity contribution in [3.05, 3.63) is 144 Å².